The third-order valence-electron chi connectivity index (χ3n) is 3.67. The van der Waals surface area contributed by atoms with Gasteiger partial charge in [-0.2, -0.15) is 0 Å². The summed E-state index contributed by atoms with van der Waals surface area (Å²) in [6.07, 6.45) is 1.35. The Bertz CT molecular complexity index is 943. The molecule has 1 aromatic heterocycles. The van der Waals surface area contributed by atoms with Gasteiger partial charge in [0.1, 0.15) is 0 Å². The van der Waals surface area contributed by atoms with Crippen molar-refractivity contribution >= 4 is 16.6 Å². The molecule has 0 atom stereocenters. The molecule has 3 aromatic rings. The van der Waals surface area contributed by atoms with Crippen molar-refractivity contribution in [2.24, 2.45) is 0 Å². The molecule has 0 aliphatic heterocycles. The van der Waals surface area contributed by atoms with Gasteiger partial charge in [0.05, 0.1) is 19.8 Å². The van der Waals surface area contributed by atoms with Crippen molar-refractivity contribution < 1.29 is 14.3 Å². The summed E-state index contributed by atoms with van der Waals surface area (Å²) in [7, 11) is 2.77. The van der Waals surface area contributed by atoms with Crippen LogP contribution in [0.25, 0.3) is 10.8 Å². The minimum absolute atomic E-state index is 0.0120. The highest BCUT2D eigenvalue weighted by molar-refractivity contribution is 6.10. The molecule has 3 rings (SSSR count). The summed E-state index contributed by atoms with van der Waals surface area (Å²) in [5.74, 6) is -0.190. The van der Waals surface area contributed by atoms with Crippen LogP contribution in [0.2, 0.25) is 0 Å². The zero-order chi connectivity index (χ0) is 16.4. The second-order valence-electron chi connectivity index (χ2n) is 4.99. The van der Waals surface area contributed by atoms with E-state index >= 15 is 0 Å². The summed E-state index contributed by atoms with van der Waals surface area (Å²) in [6, 6.07) is 13.1. The average Bonchev–Trinajstić information content (AvgIpc) is 2.60. The van der Waals surface area contributed by atoms with Gasteiger partial charge in [-0.05, 0) is 16.8 Å². The molecule has 0 spiro atoms. The van der Waals surface area contributed by atoms with Gasteiger partial charge in [-0.3, -0.25) is 9.59 Å². The van der Waals surface area contributed by atoms with Gasteiger partial charge in [-0.15, -0.1) is 0 Å². The fourth-order valence-corrected chi connectivity index (χ4v) is 2.49. The fraction of sp³-hybridized carbons (Fsp3) is 0.111. The normalized spacial score (nSPS) is 10.5. The number of methoxy groups -OCH3 is 2. The Morgan fingerprint density at radius 2 is 1.74 bits per heavy atom. The van der Waals surface area contributed by atoms with Gasteiger partial charge < -0.3 is 14.5 Å². The lowest BCUT2D eigenvalue weighted by Gasteiger charge is -2.08. The summed E-state index contributed by atoms with van der Waals surface area (Å²) >= 11 is 0. The molecular weight excluding hydrogens is 294 g/mol. The molecule has 0 saturated carbocycles. The maximum atomic E-state index is 12.7. The van der Waals surface area contributed by atoms with Crippen LogP contribution in [-0.2, 0) is 0 Å². The Kier molecular flexibility index (Phi) is 3.85. The smallest absolute Gasteiger partial charge is 0.238 e. The molecule has 23 heavy (non-hydrogen) atoms. The topological polar surface area (TPSA) is 68.4 Å². The van der Waals surface area contributed by atoms with E-state index < -0.39 is 5.43 Å². The molecule has 0 fully saturated rings. The molecule has 5 nitrogen and oxygen atoms in total. The first kappa shape index (κ1) is 14.8. The number of fused-ring (bicyclic) bond motifs is 1. The molecule has 2 aromatic carbocycles. The van der Waals surface area contributed by atoms with E-state index in [0.717, 1.165) is 10.8 Å². The summed E-state index contributed by atoms with van der Waals surface area (Å²) in [6.45, 7) is 0. The molecule has 116 valence electrons. The Morgan fingerprint density at radius 3 is 2.43 bits per heavy atom. The van der Waals surface area contributed by atoms with Crippen molar-refractivity contribution in [2.75, 3.05) is 14.2 Å². The number of nitrogens with one attached hydrogen (secondary N) is 1. The number of H-pyrrole nitrogens is 1. The number of ketones is 1. The summed E-state index contributed by atoms with van der Waals surface area (Å²) < 4.78 is 10.1. The SMILES string of the molecule is COc1[nH]cc(C(=O)c2ccc3ccccc3c2)c(=O)c1OC. The van der Waals surface area contributed by atoms with Crippen LogP contribution in [0.4, 0.5) is 0 Å². The maximum absolute atomic E-state index is 12.7. The van der Waals surface area contributed by atoms with Gasteiger partial charge in [-0.1, -0.05) is 36.4 Å². The zero-order valence-corrected chi connectivity index (χ0v) is 12.8. The van der Waals surface area contributed by atoms with Crippen LogP contribution < -0.4 is 14.9 Å². The quantitative estimate of drug-likeness (QED) is 0.752. The molecule has 0 amide bonds. The van der Waals surface area contributed by atoms with Crippen molar-refractivity contribution in [3.63, 3.8) is 0 Å². The van der Waals surface area contributed by atoms with E-state index in [1.807, 2.05) is 30.3 Å². The fourth-order valence-electron chi connectivity index (χ4n) is 2.49. The van der Waals surface area contributed by atoms with Crippen LogP contribution in [0.3, 0.4) is 0 Å². The van der Waals surface area contributed by atoms with E-state index in [4.69, 9.17) is 9.47 Å². The van der Waals surface area contributed by atoms with Crippen molar-refractivity contribution in [1.82, 2.24) is 4.98 Å². The molecule has 0 aliphatic rings. The maximum Gasteiger partial charge on any atom is 0.238 e. The predicted molar refractivity (Wildman–Crippen MR) is 87.5 cm³/mol. The monoisotopic (exact) mass is 309 g/mol. The minimum atomic E-state index is -0.499. The molecule has 0 saturated heterocycles. The van der Waals surface area contributed by atoms with Crippen molar-refractivity contribution in [2.45, 2.75) is 0 Å². The first-order chi connectivity index (χ1) is 11.2. The largest absolute Gasteiger partial charge is 0.488 e. The van der Waals surface area contributed by atoms with E-state index in [9.17, 15) is 9.59 Å². The van der Waals surface area contributed by atoms with Crippen molar-refractivity contribution in [1.29, 1.82) is 0 Å². The summed E-state index contributed by atoms with van der Waals surface area (Å²) in [5.41, 5.74) is -0.0411. The van der Waals surface area contributed by atoms with Crippen LogP contribution in [0.5, 0.6) is 11.6 Å². The van der Waals surface area contributed by atoms with Crippen molar-refractivity contribution in [3.05, 3.63) is 70.0 Å². The molecule has 1 N–H and O–H groups in total. The number of pyridine rings is 1. The molecule has 5 heteroatoms. The number of hydrogen-bond acceptors (Lipinski definition) is 4. The third kappa shape index (κ3) is 2.57. The second kappa shape index (κ2) is 5.96. The third-order valence-corrected chi connectivity index (χ3v) is 3.67. The van der Waals surface area contributed by atoms with Gasteiger partial charge in [0.15, 0.2) is 5.78 Å². The number of aromatic amines is 1. The van der Waals surface area contributed by atoms with E-state index in [-0.39, 0.29) is 23.0 Å². The molecule has 0 unspecified atom stereocenters. The Labute approximate surface area is 132 Å². The number of ether oxygens (including phenoxy) is 2. The lowest BCUT2D eigenvalue weighted by Crippen LogP contribution is -2.18. The summed E-state index contributed by atoms with van der Waals surface area (Å²) in [4.78, 5) is 27.8. The van der Waals surface area contributed by atoms with E-state index in [2.05, 4.69) is 4.98 Å². The van der Waals surface area contributed by atoms with Crippen LogP contribution in [-0.4, -0.2) is 25.0 Å². The van der Waals surface area contributed by atoms with E-state index in [1.165, 1.54) is 20.4 Å². The summed E-state index contributed by atoms with van der Waals surface area (Å²) in [5, 5.41) is 1.97. The molecule has 0 aliphatic carbocycles. The number of hydrogen-bond donors (Lipinski definition) is 1. The molecule has 0 bridgehead atoms. The van der Waals surface area contributed by atoms with Crippen molar-refractivity contribution in [3.8, 4) is 11.6 Å². The van der Waals surface area contributed by atoms with Crippen LogP contribution >= 0.6 is 0 Å². The van der Waals surface area contributed by atoms with E-state index in [1.54, 1.807) is 12.1 Å². The van der Waals surface area contributed by atoms with Gasteiger partial charge in [0, 0.05) is 11.8 Å². The first-order valence-electron chi connectivity index (χ1n) is 7.03. The standard InChI is InChI=1S/C18H15NO4/c1-22-17-16(21)14(10-19-18(17)23-2)15(20)13-8-7-11-5-3-4-6-12(11)9-13/h3-10H,1-2H3,(H,19,21). The minimum Gasteiger partial charge on any atom is -0.488 e. The highest BCUT2D eigenvalue weighted by Gasteiger charge is 2.19. The second-order valence-corrected chi connectivity index (χ2v) is 4.99. The van der Waals surface area contributed by atoms with Gasteiger partial charge >= 0.3 is 0 Å². The Balaban J connectivity index is 2.10. The molecule has 0 radical (unpaired) electrons. The lowest BCUT2D eigenvalue weighted by molar-refractivity contribution is 0.103. The van der Waals surface area contributed by atoms with Crippen LogP contribution in [0.15, 0.2) is 53.5 Å². The zero-order valence-electron chi connectivity index (χ0n) is 12.8. The van der Waals surface area contributed by atoms with Gasteiger partial charge in [0.25, 0.3) is 0 Å². The number of aromatic nitrogens is 1. The highest BCUT2D eigenvalue weighted by Crippen LogP contribution is 2.21. The van der Waals surface area contributed by atoms with E-state index in [0.29, 0.717) is 5.56 Å². The van der Waals surface area contributed by atoms with Gasteiger partial charge in [-0.25, -0.2) is 0 Å². The number of benzene rings is 2. The Morgan fingerprint density at radius 1 is 1.00 bits per heavy atom. The number of carbonyl (C=O) groups excluding carboxylic acids is 1. The Hall–Kier alpha value is -3.08. The average molecular weight is 309 g/mol. The van der Waals surface area contributed by atoms with Gasteiger partial charge in [0.2, 0.25) is 17.1 Å². The highest BCUT2D eigenvalue weighted by atomic mass is 16.5. The molecule has 1 heterocycles. The number of rotatable bonds is 4. The predicted octanol–water partition coefficient (Wildman–Crippen LogP) is 2.78. The lowest BCUT2D eigenvalue weighted by atomic mass is 10.0. The first-order valence-corrected chi connectivity index (χ1v) is 7.03. The van der Waals surface area contributed by atoms with Crippen LogP contribution in [0.1, 0.15) is 15.9 Å². The number of carbonyl (C=O) groups is 1. The van der Waals surface area contributed by atoms with Crippen LogP contribution in [0, 0.1) is 0 Å². The molecular formula is C18H15NO4.